The molecule has 7 heteroatoms. The van der Waals surface area contributed by atoms with Crippen molar-refractivity contribution in [3.8, 4) is 0 Å². The maximum Gasteiger partial charge on any atom is 0.195 e. The lowest BCUT2D eigenvalue weighted by Crippen LogP contribution is -2.11. The van der Waals surface area contributed by atoms with E-state index >= 15 is 0 Å². The molecule has 0 saturated carbocycles. The van der Waals surface area contributed by atoms with Crippen molar-refractivity contribution in [3.05, 3.63) is 21.3 Å². The van der Waals surface area contributed by atoms with E-state index in [4.69, 9.17) is 30.5 Å². The molecule has 0 fully saturated rings. The molecule has 2 heterocycles. The van der Waals surface area contributed by atoms with Gasteiger partial charge >= 0.3 is 0 Å². The van der Waals surface area contributed by atoms with Crippen molar-refractivity contribution >= 4 is 45.2 Å². The Morgan fingerprint density at radius 3 is 2.95 bits per heavy atom. The average molecular weight is 348 g/mol. The van der Waals surface area contributed by atoms with Crippen LogP contribution in [0.2, 0.25) is 0 Å². The molecule has 0 atom stereocenters. The lowest BCUT2D eigenvalue weighted by molar-refractivity contribution is 0.0758. The second-order valence-corrected chi connectivity index (χ2v) is 5.04. The molecule has 0 aliphatic heterocycles. The number of methoxy groups -OCH3 is 1. The molecular formula is C12H14BrNO4S. The van der Waals surface area contributed by atoms with Gasteiger partial charge in [0.25, 0.3) is 0 Å². The zero-order valence-electron chi connectivity index (χ0n) is 10.4. The van der Waals surface area contributed by atoms with E-state index in [0.29, 0.717) is 47.9 Å². The van der Waals surface area contributed by atoms with E-state index in [-0.39, 0.29) is 0 Å². The third-order valence-corrected chi connectivity index (χ3v) is 3.23. The number of hydrogen-bond acceptors (Lipinski definition) is 6. The first-order valence-corrected chi connectivity index (χ1v) is 6.94. The van der Waals surface area contributed by atoms with Crippen LogP contribution in [0.3, 0.4) is 0 Å². The fourth-order valence-corrected chi connectivity index (χ4v) is 2.10. The monoisotopic (exact) mass is 347 g/mol. The first kappa shape index (κ1) is 14.5. The summed E-state index contributed by atoms with van der Waals surface area (Å²) < 4.78 is 22.5. The topological polar surface area (TPSA) is 56.8 Å². The molecule has 0 saturated heterocycles. The highest BCUT2D eigenvalue weighted by Gasteiger charge is 2.09. The lowest BCUT2D eigenvalue weighted by Gasteiger charge is -2.06. The SMILES string of the molecule is COCCOCCNc1cc(=S)c2occ(Br)c2o1. The predicted molar refractivity (Wildman–Crippen MR) is 78.2 cm³/mol. The molecule has 0 aliphatic rings. The predicted octanol–water partition coefficient (Wildman–Crippen LogP) is 3.59. The van der Waals surface area contributed by atoms with Crippen molar-refractivity contribution in [3.63, 3.8) is 0 Å². The van der Waals surface area contributed by atoms with Crippen LogP contribution >= 0.6 is 28.1 Å². The Labute approximate surface area is 124 Å². The smallest absolute Gasteiger partial charge is 0.195 e. The van der Waals surface area contributed by atoms with Crippen LogP contribution in [0.4, 0.5) is 5.88 Å². The Bertz CT molecular complexity index is 595. The van der Waals surface area contributed by atoms with Crippen LogP contribution in [0, 0.1) is 4.51 Å². The van der Waals surface area contributed by atoms with E-state index in [1.807, 2.05) is 0 Å². The average Bonchev–Trinajstić information content (AvgIpc) is 2.76. The van der Waals surface area contributed by atoms with Gasteiger partial charge < -0.3 is 23.6 Å². The van der Waals surface area contributed by atoms with Crippen LogP contribution in [-0.2, 0) is 9.47 Å². The van der Waals surface area contributed by atoms with Gasteiger partial charge in [-0.05, 0) is 15.9 Å². The van der Waals surface area contributed by atoms with Gasteiger partial charge in [-0.1, -0.05) is 12.2 Å². The molecule has 1 N–H and O–H groups in total. The van der Waals surface area contributed by atoms with Gasteiger partial charge in [-0.2, -0.15) is 0 Å². The van der Waals surface area contributed by atoms with E-state index in [0.717, 1.165) is 4.47 Å². The molecule has 0 aliphatic carbocycles. The fraction of sp³-hybridized carbons (Fsp3) is 0.417. The summed E-state index contributed by atoms with van der Waals surface area (Å²) in [6.07, 6.45) is 1.56. The molecule has 0 spiro atoms. The third-order valence-electron chi connectivity index (χ3n) is 2.38. The summed E-state index contributed by atoms with van der Waals surface area (Å²) in [5.74, 6) is 0.593. The molecule has 0 aromatic carbocycles. The second-order valence-electron chi connectivity index (χ2n) is 3.75. The minimum Gasteiger partial charge on any atom is -0.458 e. The number of ether oxygens (including phenoxy) is 2. The highest BCUT2D eigenvalue weighted by Crippen LogP contribution is 2.29. The highest BCUT2D eigenvalue weighted by atomic mass is 79.9. The zero-order chi connectivity index (χ0) is 13.7. The normalized spacial score (nSPS) is 11.1. The van der Waals surface area contributed by atoms with Gasteiger partial charge in [-0.15, -0.1) is 0 Å². The summed E-state index contributed by atoms with van der Waals surface area (Å²) in [4.78, 5) is 0. The van der Waals surface area contributed by atoms with Crippen LogP contribution in [-0.4, -0.2) is 33.5 Å². The number of nitrogens with one attached hydrogen (secondary N) is 1. The summed E-state index contributed by atoms with van der Waals surface area (Å²) in [6.45, 7) is 2.36. The van der Waals surface area contributed by atoms with E-state index < -0.39 is 0 Å². The molecule has 2 aromatic rings. The molecule has 19 heavy (non-hydrogen) atoms. The van der Waals surface area contributed by atoms with Gasteiger partial charge in [0.1, 0.15) is 6.26 Å². The van der Waals surface area contributed by atoms with Gasteiger partial charge in [-0.25, -0.2) is 0 Å². The molecule has 2 aromatic heterocycles. The van der Waals surface area contributed by atoms with Crippen molar-refractivity contribution in [1.29, 1.82) is 0 Å². The summed E-state index contributed by atoms with van der Waals surface area (Å²) >= 11 is 8.57. The first-order valence-electron chi connectivity index (χ1n) is 5.74. The fourth-order valence-electron chi connectivity index (χ4n) is 1.49. The minimum atomic E-state index is 0.566. The maximum absolute atomic E-state index is 5.64. The number of halogens is 1. The standard InChI is InChI=1S/C12H14BrNO4S/c1-15-4-5-16-3-2-14-10-6-9(19)12-11(18-10)8(13)7-17-12/h6-7,14H,2-5H2,1H3. The number of fused-ring (bicyclic) bond motifs is 1. The van der Waals surface area contributed by atoms with Crippen LogP contribution < -0.4 is 5.32 Å². The van der Waals surface area contributed by atoms with E-state index in [2.05, 4.69) is 21.2 Å². The maximum atomic E-state index is 5.64. The number of hydrogen-bond donors (Lipinski definition) is 1. The molecular weight excluding hydrogens is 334 g/mol. The van der Waals surface area contributed by atoms with E-state index in [1.165, 1.54) is 0 Å². The van der Waals surface area contributed by atoms with Gasteiger partial charge in [0.15, 0.2) is 17.1 Å². The number of anilines is 1. The number of rotatable bonds is 7. The van der Waals surface area contributed by atoms with Gasteiger partial charge in [-0.3, -0.25) is 0 Å². The van der Waals surface area contributed by atoms with Crippen molar-refractivity contribution in [2.45, 2.75) is 0 Å². The summed E-state index contributed by atoms with van der Waals surface area (Å²) in [6, 6.07) is 1.72. The molecule has 5 nitrogen and oxygen atoms in total. The van der Waals surface area contributed by atoms with Crippen LogP contribution in [0.5, 0.6) is 0 Å². The van der Waals surface area contributed by atoms with Gasteiger partial charge in [0, 0.05) is 19.7 Å². The lowest BCUT2D eigenvalue weighted by atomic mass is 10.4. The summed E-state index contributed by atoms with van der Waals surface area (Å²) in [7, 11) is 1.64. The number of furan rings is 1. The molecule has 0 unspecified atom stereocenters. The molecule has 2 rings (SSSR count). The van der Waals surface area contributed by atoms with E-state index in [1.54, 1.807) is 19.4 Å². The Kier molecular flexibility index (Phi) is 5.38. The summed E-state index contributed by atoms with van der Waals surface area (Å²) in [5, 5.41) is 3.11. The third kappa shape index (κ3) is 3.79. The van der Waals surface area contributed by atoms with Crippen LogP contribution in [0.1, 0.15) is 0 Å². The molecule has 0 amide bonds. The molecule has 104 valence electrons. The van der Waals surface area contributed by atoms with Crippen LogP contribution in [0.15, 0.2) is 25.6 Å². The first-order chi connectivity index (χ1) is 9.22. The van der Waals surface area contributed by atoms with Crippen molar-refractivity contribution in [2.24, 2.45) is 0 Å². The highest BCUT2D eigenvalue weighted by molar-refractivity contribution is 9.10. The van der Waals surface area contributed by atoms with Gasteiger partial charge in [0.2, 0.25) is 0 Å². The van der Waals surface area contributed by atoms with Crippen molar-refractivity contribution in [2.75, 3.05) is 38.8 Å². The van der Waals surface area contributed by atoms with Gasteiger partial charge in [0.05, 0.1) is 28.8 Å². The van der Waals surface area contributed by atoms with E-state index in [9.17, 15) is 0 Å². The zero-order valence-corrected chi connectivity index (χ0v) is 12.8. The van der Waals surface area contributed by atoms with Crippen molar-refractivity contribution < 1.29 is 18.3 Å². The second kappa shape index (κ2) is 7.04. The van der Waals surface area contributed by atoms with Crippen LogP contribution in [0.25, 0.3) is 11.2 Å². The quantitative estimate of drug-likeness (QED) is 0.610. The largest absolute Gasteiger partial charge is 0.458 e. The minimum absolute atomic E-state index is 0.566. The molecule has 0 radical (unpaired) electrons. The Balaban J connectivity index is 1.94. The Morgan fingerprint density at radius 2 is 2.16 bits per heavy atom. The summed E-state index contributed by atoms with van der Waals surface area (Å²) in [5.41, 5.74) is 1.18. The Morgan fingerprint density at radius 1 is 1.32 bits per heavy atom. The van der Waals surface area contributed by atoms with Crippen molar-refractivity contribution in [1.82, 2.24) is 0 Å². The molecule has 0 bridgehead atoms. The Hall–Kier alpha value is -0.890.